The summed E-state index contributed by atoms with van der Waals surface area (Å²) in [6.07, 6.45) is 4.52. The van der Waals surface area contributed by atoms with Crippen molar-refractivity contribution in [3.63, 3.8) is 0 Å². The molecule has 1 fully saturated rings. The molecule has 0 spiro atoms. The molecule has 0 saturated carbocycles. The van der Waals surface area contributed by atoms with Gasteiger partial charge in [-0.25, -0.2) is 13.6 Å². The highest BCUT2D eigenvalue weighted by molar-refractivity contribution is 5.95. The van der Waals surface area contributed by atoms with Crippen LogP contribution in [0.5, 0.6) is 5.75 Å². The topological polar surface area (TPSA) is 74.8 Å². The van der Waals surface area contributed by atoms with Crippen LogP contribution in [0.15, 0.2) is 36.5 Å². The predicted octanol–water partition coefficient (Wildman–Crippen LogP) is 3.03. The zero-order valence-electron chi connectivity index (χ0n) is 16.8. The number of aromatic nitrogens is 1. The number of benzene rings is 1. The third kappa shape index (κ3) is 3.30. The van der Waals surface area contributed by atoms with E-state index in [-0.39, 0.29) is 42.2 Å². The van der Waals surface area contributed by atoms with Crippen molar-refractivity contribution in [3.8, 4) is 5.75 Å². The molecule has 2 atom stereocenters. The third-order valence-corrected chi connectivity index (χ3v) is 6.14. The monoisotopic (exact) mass is 426 g/mol. The maximum atomic E-state index is 14.1. The first-order valence-corrected chi connectivity index (χ1v) is 9.99. The van der Waals surface area contributed by atoms with Crippen LogP contribution in [-0.2, 0) is 11.3 Å². The lowest BCUT2D eigenvalue weighted by molar-refractivity contribution is -0.132. The standard InChI is InChI=1S/C22H20F2N4O3/c1-31-14-2-4-18(25-8-14)15-7-13-6-12(15)9-28(13)20(29)11-27-10-16-19(26-22(27)30)5-3-17(23)21(16)24/h2-5,7-8,12-13H,6,9-11H2,1H3,(H,26,30)/t12-,13-/m0/s1. The fourth-order valence-corrected chi connectivity index (χ4v) is 4.55. The number of nitrogens with zero attached hydrogens (tertiary/aromatic N) is 3. The molecule has 9 heteroatoms. The van der Waals surface area contributed by atoms with E-state index in [1.165, 1.54) is 11.0 Å². The molecule has 3 aliphatic rings. The first-order chi connectivity index (χ1) is 14.9. The molecule has 2 aliphatic heterocycles. The van der Waals surface area contributed by atoms with Crippen LogP contribution in [0.2, 0.25) is 0 Å². The minimum Gasteiger partial charge on any atom is -0.495 e. The van der Waals surface area contributed by atoms with Crippen LogP contribution in [-0.4, -0.2) is 53.0 Å². The van der Waals surface area contributed by atoms with Gasteiger partial charge in [0.05, 0.1) is 37.3 Å². The molecule has 3 amide bonds. The second-order valence-corrected chi connectivity index (χ2v) is 7.93. The maximum Gasteiger partial charge on any atom is 0.322 e. The summed E-state index contributed by atoms with van der Waals surface area (Å²) in [5, 5.41) is 2.52. The molecule has 2 bridgehead atoms. The Hall–Kier alpha value is -3.49. The van der Waals surface area contributed by atoms with E-state index in [0.717, 1.165) is 23.8 Å². The number of carbonyl (C=O) groups is 2. The largest absolute Gasteiger partial charge is 0.495 e. The van der Waals surface area contributed by atoms with Gasteiger partial charge in [-0.15, -0.1) is 0 Å². The smallest absolute Gasteiger partial charge is 0.322 e. The quantitative estimate of drug-likeness (QED) is 0.816. The van der Waals surface area contributed by atoms with Crippen LogP contribution in [0.25, 0.3) is 5.57 Å². The number of hydrogen-bond acceptors (Lipinski definition) is 4. The lowest BCUT2D eigenvalue weighted by atomic mass is 9.99. The van der Waals surface area contributed by atoms with Crippen LogP contribution < -0.4 is 10.1 Å². The number of pyridine rings is 1. The summed E-state index contributed by atoms with van der Waals surface area (Å²) in [4.78, 5) is 32.6. The van der Waals surface area contributed by atoms with E-state index >= 15 is 0 Å². The normalized spacial score (nSPS) is 21.6. The Morgan fingerprint density at radius 3 is 2.81 bits per heavy atom. The number of hydrogen-bond donors (Lipinski definition) is 1. The zero-order valence-corrected chi connectivity index (χ0v) is 16.8. The van der Waals surface area contributed by atoms with Crippen LogP contribution >= 0.6 is 0 Å². The Kier molecular flexibility index (Phi) is 4.60. The van der Waals surface area contributed by atoms with Crippen molar-refractivity contribution in [3.05, 3.63) is 59.4 Å². The number of rotatable bonds is 4. The number of halogens is 2. The number of anilines is 1. The highest BCUT2D eigenvalue weighted by Gasteiger charge is 2.42. The highest BCUT2D eigenvalue weighted by atomic mass is 19.2. The van der Waals surface area contributed by atoms with E-state index in [0.29, 0.717) is 12.3 Å². The van der Waals surface area contributed by atoms with Crippen molar-refractivity contribution < 1.29 is 23.1 Å². The van der Waals surface area contributed by atoms with Crippen LogP contribution in [0, 0.1) is 17.6 Å². The predicted molar refractivity (Wildman–Crippen MR) is 108 cm³/mol. The molecule has 160 valence electrons. The number of fused-ring (bicyclic) bond motifs is 3. The van der Waals surface area contributed by atoms with Crippen molar-refractivity contribution in [1.29, 1.82) is 0 Å². The second kappa shape index (κ2) is 7.33. The Morgan fingerprint density at radius 2 is 2.13 bits per heavy atom. The van der Waals surface area contributed by atoms with Crippen LogP contribution in [0.4, 0.5) is 19.3 Å². The molecule has 7 nitrogen and oxygen atoms in total. The average molecular weight is 426 g/mol. The molecule has 2 aromatic rings. The SMILES string of the molecule is COc1ccc(C2=C[C@@H]3C[C@H]2CN3C(=O)CN2Cc3c(ccc(F)c3F)NC2=O)nc1. The van der Waals surface area contributed by atoms with E-state index in [4.69, 9.17) is 4.74 Å². The van der Waals surface area contributed by atoms with Crippen molar-refractivity contribution >= 4 is 23.2 Å². The Balaban J connectivity index is 1.28. The lowest BCUT2D eigenvalue weighted by Gasteiger charge is -2.32. The van der Waals surface area contributed by atoms with Gasteiger partial charge in [0.1, 0.15) is 12.3 Å². The fraction of sp³-hybridized carbons (Fsp3) is 0.318. The molecule has 1 aliphatic carbocycles. The summed E-state index contributed by atoms with van der Waals surface area (Å²) in [5.74, 6) is -1.35. The van der Waals surface area contributed by atoms with Crippen molar-refractivity contribution in [2.24, 2.45) is 5.92 Å². The first-order valence-electron chi connectivity index (χ1n) is 9.99. The number of carbonyl (C=O) groups excluding carboxylic acids is 2. The minimum atomic E-state index is -1.00. The maximum absolute atomic E-state index is 14.1. The molecule has 31 heavy (non-hydrogen) atoms. The van der Waals surface area contributed by atoms with Gasteiger partial charge < -0.3 is 19.9 Å². The summed E-state index contributed by atoms with van der Waals surface area (Å²) in [6.45, 7) is 0.182. The van der Waals surface area contributed by atoms with Gasteiger partial charge in [0.25, 0.3) is 0 Å². The lowest BCUT2D eigenvalue weighted by Crippen LogP contribution is -2.47. The molecule has 1 N–H and O–H groups in total. The van der Waals surface area contributed by atoms with Gasteiger partial charge in [-0.3, -0.25) is 9.78 Å². The highest BCUT2D eigenvalue weighted by Crippen LogP contribution is 2.42. The summed E-state index contributed by atoms with van der Waals surface area (Å²) in [6, 6.07) is 5.48. The number of nitrogens with one attached hydrogen (secondary N) is 1. The van der Waals surface area contributed by atoms with E-state index in [2.05, 4.69) is 10.3 Å². The summed E-state index contributed by atoms with van der Waals surface area (Å²) in [5.41, 5.74) is 2.25. The van der Waals surface area contributed by atoms with Gasteiger partial charge in [-0.2, -0.15) is 0 Å². The van der Waals surface area contributed by atoms with Crippen molar-refractivity contribution in [2.75, 3.05) is 25.5 Å². The minimum absolute atomic E-state index is 0.0445. The number of amides is 3. The number of methoxy groups -OCH3 is 1. The van der Waals surface area contributed by atoms with Gasteiger partial charge in [-0.05, 0) is 36.3 Å². The Labute approximate surface area is 177 Å². The van der Waals surface area contributed by atoms with Crippen LogP contribution in [0.1, 0.15) is 17.7 Å². The van der Waals surface area contributed by atoms with E-state index < -0.39 is 17.7 Å². The third-order valence-electron chi connectivity index (χ3n) is 6.14. The number of likely N-dealkylation sites (tertiary alicyclic amines) is 1. The summed E-state index contributed by atoms with van der Waals surface area (Å²) >= 11 is 0. The van der Waals surface area contributed by atoms with E-state index in [1.807, 2.05) is 18.2 Å². The number of urea groups is 1. The zero-order chi connectivity index (χ0) is 21.7. The van der Waals surface area contributed by atoms with Gasteiger partial charge in [-0.1, -0.05) is 6.08 Å². The van der Waals surface area contributed by atoms with Gasteiger partial charge in [0.2, 0.25) is 5.91 Å². The van der Waals surface area contributed by atoms with E-state index in [1.54, 1.807) is 18.2 Å². The van der Waals surface area contributed by atoms with Crippen molar-refractivity contribution in [1.82, 2.24) is 14.8 Å². The molecular weight excluding hydrogens is 406 g/mol. The molecule has 5 rings (SSSR count). The fourth-order valence-electron chi connectivity index (χ4n) is 4.55. The average Bonchev–Trinajstić information content (AvgIpc) is 3.39. The Bertz CT molecular complexity index is 1100. The summed E-state index contributed by atoms with van der Waals surface area (Å²) < 4.78 is 32.8. The molecule has 3 heterocycles. The molecule has 1 aromatic heterocycles. The Morgan fingerprint density at radius 1 is 1.29 bits per heavy atom. The van der Waals surface area contributed by atoms with Gasteiger partial charge >= 0.3 is 6.03 Å². The summed E-state index contributed by atoms with van der Waals surface area (Å²) in [7, 11) is 1.59. The second-order valence-electron chi connectivity index (χ2n) is 7.93. The molecular formula is C22H20F2N4O3. The van der Waals surface area contributed by atoms with Crippen LogP contribution in [0.3, 0.4) is 0 Å². The van der Waals surface area contributed by atoms with E-state index in [9.17, 15) is 18.4 Å². The molecule has 1 aromatic carbocycles. The molecule has 0 radical (unpaired) electrons. The number of ether oxygens (including phenoxy) is 1. The van der Waals surface area contributed by atoms with Gasteiger partial charge in [0.15, 0.2) is 11.6 Å². The molecule has 1 saturated heterocycles. The first kappa shape index (κ1) is 19.5. The van der Waals surface area contributed by atoms with Crippen molar-refractivity contribution in [2.45, 2.75) is 19.0 Å². The molecule has 0 unspecified atom stereocenters. The van der Waals surface area contributed by atoms with Gasteiger partial charge in [0, 0.05) is 18.0 Å².